The van der Waals surface area contributed by atoms with E-state index in [1.165, 1.54) is 11.6 Å². The second-order valence-electron chi connectivity index (χ2n) is 11.8. The third-order valence-corrected chi connectivity index (χ3v) is 9.97. The highest BCUT2D eigenvalue weighted by Crippen LogP contribution is 2.40. The van der Waals surface area contributed by atoms with Gasteiger partial charge in [0.05, 0.1) is 11.5 Å². The van der Waals surface area contributed by atoms with E-state index in [2.05, 4.69) is 4.90 Å². The molecule has 0 saturated carbocycles. The first-order chi connectivity index (χ1) is 20.7. The number of allylic oxidation sites excluding steroid dienone is 2. The van der Waals surface area contributed by atoms with Crippen molar-refractivity contribution in [1.29, 1.82) is 0 Å². The summed E-state index contributed by atoms with van der Waals surface area (Å²) in [6.07, 6.45) is 0.388. The van der Waals surface area contributed by atoms with Crippen LogP contribution in [-0.2, 0) is 16.3 Å². The molecule has 2 aromatic rings. The topological polar surface area (TPSA) is 57.6 Å². The molecular weight excluding hydrogens is 604 g/mol. The van der Waals surface area contributed by atoms with E-state index in [0.29, 0.717) is 19.4 Å². The number of nitrogens with zero attached hydrogens (tertiary/aromatic N) is 1. The number of benzene rings is 2. The number of halogens is 6. The summed E-state index contributed by atoms with van der Waals surface area (Å²) in [6.45, 7) is 1.49. The third-order valence-electron chi connectivity index (χ3n) is 8.15. The number of unbranched alkanes of at least 4 members (excludes halogenated alkanes) is 4. The summed E-state index contributed by atoms with van der Waals surface area (Å²) in [5.41, 5.74) is 5.52. The summed E-state index contributed by atoms with van der Waals surface area (Å²) >= 11 is 0. The van der Waals surface area contributed by atoms with Crippen LogP contribution in [0.1, 0.15) is 87.3 Å². The van der Waals surface area contributed by atoms with E-state index in [-0.39, 0.29) is 17.3 Å². The molecule has 3 rings (SSSR count). The quantitative estimate of drug-likeness (QED) is 0.138. The lowest BCUT2D eigenvalue weighted by atomic mass is 9.89. The van der Waals surface area contributed by atoms with Gasteiger partial charge >= 0.3 is 12.1 Å². The first-order valence-corrected chi connectivity index (χ1v) is 17.1. The Morgan fingerprint density at radius 3 is 2.23 bits per heavy atom. The Kier molecular flexibility index (Phi) is 13.2. The first-order valence-electron chi connectivity index (χ1n) is 15.3. The zero-order valence-electron chi connectivity index (χ0n) is 25.2. The monoisotopic (exact) mass is 647 g/mol. The predicted molar refractivity (Wildman–Crippen MR) is 163 cm³/mol. The second-order valence-corrected chi connectivity index (χ2v) is 14.1. The molecule has 11 heteroatoms. The Bertz CT molecular complexity index is 1360. The van der Waals surface area contributed by atoms with Gasteiger partial charge in [-0.2, -0.15) is 22.0 Å². The first kappa shape index (κ1) is 35.9. The van der Waals surface area contributed by atoms with Crippen LogP contribution in [0, 0.1) is 5.82 Å². The van der Waals surface area contributed by atoms with Crippen molar-refractivity contribution in [2.24, 2.45) is 0 Å². The Balaban J connectivity index is 1.39. The van der Waals surface area contributed by atoms with Crippen LogP contribution in [0.25, 0.3) is 11.1 Å². The number of sulfone groups is 1. The molecule has 0 amide bonds. The number of phenols is 1. The fraction of sp³-hybridized carbons (Fsp3) is 0.576. The van der Waals surface area contributed by atoms with Gasteiger partial charge in [0.15, 0.2) is 0 Å². The molecule has 0 aliphatic heterocycles. The average molecular weight is 648 g/mol. The highest BCUT2D eigenvalue weighted by atomic mass is 32.2. The number of aryl methyl sites for hydroxylation is 1. The summed E-state index contributed by atoms with van der Waals surface area (Å²) in [6, 6.07) is 12.2. The fourth-order valence-electron chi connectivity index (χ4n) is 5.74. The van der Waals surface area contributed by atoms with Gasteiger partial charge in [0.25, 0.3) is 0 Å². The number of rotatable bonds is 17. The van der Waals surface area contributed by atoms with Crippen molar-refractivity contribution in [2.75, 3.05) is 31.6 Å². The lowest BCUT2D eigenvalue weighted by molar-refractivity contribution is -0.284. The lowest BCUT2D eigenvalue weighted by Gasteiger charge is -2.19. The highest BCUT2D eigenvalue weighted by molar-refractivity contribution is 7.91. The van der Waals surface area contributed by atoms with E-state index < -0.39 is 40.5 Å². The van der Waals surface area contributed by atoms with Crippen LogP contribution in [0.4, 0.5) is 26.3 Å². The van der Waals surface area contributed by atoms with Crippen LogP contribution in [0.5, 0.6) is 5.75 Å². The number of aromatic hydroxyl groups is 1. The molecule has 0 spiro atoms. The van der Waals surface area contributed by atoms with E-state index in [4.69, 9.17) is 0 Å². The maximum Gasteiger partial charge on any atom is 0.453 e. The van der Waals surface area contributed by atoms with Gasteiger partial charge in [-0.05, 0) is 130 Å². The minimum absolute atomic E-state index is 0.228. The molecule has 0 radical (unpaired) electrons. The third kappa shape index (κ3) is 11.1. The van der Waals surface area contributed by atoms with Crippen molar-refractivity contribution < 1.29 is 39.9 Å². The van der Waals surface area contributed by atoms with Crippen molar-refractivity contribution in [3.05, 3.63) is 65.0 Å². The van der Waals surface area contributed by atoms with E-state index in [9.17, 15) is 39.9 Å². The summed E-state index contributed by atoms with van der Waals surface area (Å²) in [7, 11) is -1.74. The minimum Gasteiger partial charge on any atom is -0.508 e. The van der Waals surface area contributed by atoms with Crippen molar-refractivity contribution in [3.63, 3.8) is 0 Å². The Hall–Kier alpha value is -2.53. The van der Waals surface area contributed by atoms with Crippen LogP contribution in [-0.4, -0.2) is 62.2 Å². The molecule has 2 aromatic carbocycles. The van der Waals surface area contributed by atoms with E-state index in [0.717, 1.165) is 80.2 Å². The van der Waals surface area contributed by atoms with Gasteiger partial charge in [-0.15, -0.1) is 0 Å². The normalized spacial score (nSPS) is 14.6. The molecule has 0 heterocycles. The molecule has 0 fully saturated rings. The molecule has 44 heavy (non-hydrogen) atoms. The summed E-state index contributed by atoms with van der Waals surface area (Å²) < 4.78 is 101. The van der Waals surface area contributed by atoms with Crippen molar-refractivity contribution >= 4 is 21.0 Å². The largest absolute Gasteiger partial charge is 0.508 e. The lowest BCUT2D eigenvalue weighted by Crippen LogP contribution is -2.36. The number of phenolic OH excluding ortho intramolecular Hbond substituents is 1. The zero-order chi connectivity index (χ0) is 32.4. The molecule has 0 atom stereocenters. The van der Waals surface area contributed by atoms with Crippen molar-refractivity contribution in [1.82, 2.24) is 4.90 Å². The number of alkyl halides is 5. The van der Waals surface area contributed by atoms with Crippen LogP contribution in [0.3, 0.4) is 0 Å². The Labute approximate surface area is 257 Å². The summed E-state index contributed by atoms with van der Waals surface area (Å²) in [5, 5.41) is 10.0. The molecule has 0 saturated heterocycles. The Morgan fingerprint density at radius 2 is 1.52 bits per heavy atom. The van der Waals surface area contributed by atoms with Gasteiger partial charge in [0, 0.05) is 6.42 Å². The zero-order valence-corrected chi connectivity index (χ0v) is 26.1. The van der Waals surface area contributed by atoms with E-state index >= 15 is 0 Å². The SMILES string of the molecule is CN(CCCCCCC1=C(c2cccc(F)c2)CCCc2cc(O)ccc21)CCCCS(=O)(=O)CCCC(F)(F)C(F)(F)F. The fourth-order valence-corrected chi connectivity index (χ4v) is 7.17. The van der Waals surface area contributed by atoms with Gasteiger partial charge in [-0.1, -0.05) is 31.0 Å². The van der Waals surface area contributed by atoms with Crippen LogP contribution in [0.2, 0.25) is 0 Å². The molecule has 1 aliphatic carbocycles. The maximum absolute atomic E-state index is 14.1. The molecule has 1 aliphatic rings. The number of fused-ring (bicyclic) bond motifs is 1. The molecule has 0 unspecified atom stereocenters. The van der Waals surface area contributed by atoms with Crippen molar-refractivity contribution in [2.45, 2.75) is 89.1 Å². The standard InChI is InChI=1S/C33H43F6NO3S/c1-40(20-6-7-21-44(42,43)22-10-18-32(35,36)33(37,38)39)19-5-3-2-4-14-31-29(25-11-8-13-27(34)23-25)15-9-12-26-24-28(41)16-17-30(26)31/h8,11,13,16-17,23-24,41H,2-7,9-10,12,14-15,18-22H2,1H3. The van der Waals surface area contributed by atoms with Gasteiger partial charge < -0.3 is 10.0 Å². The average Bonchev–Trinajstić information content (AvgIpc) is 3.11. The minimum atomic E-state index is -5.67. The summed E-state index contributed by atoms with van der Waals surface area (Å²) in [5.74, 6) is -5.80. The molecular formula is C33H43F6NO3S. The molecule has 0 bridgehead atoms. The highest BCUT2D eigenvalue weighted by Gasteiger charge is 2.56. The molecule has 1 N–H and O–H groups in total. The van der Waals surface area contributed by atoms with Gasteiger partial charge in [0.1, 0.15) is 21.4 Å². The molecule has 4 nitrogen and oxygen atoms in total. The van der Waals surface area contributed by atoms with E-state index in [1.54, 1.807) is 18.2 Å². The Morgan fingerprint density at radius 1 is 0.841 bits per heavy atom. The van der Waals surface area contributed by atoms with Crippen LogP contribution >= 0.6 is 0 Å². The summed E-state index contributed by atoms with van der Waals surface area (Å²) in [4.78, 5) is 2.11. The van der Waals surface area contributed by atoms with Crippen molar-refractivity contribution in [3.8, 4) is 5.75 Å². The van der Waals surface area contributed by atoms with Gasteiger partial charge in [-0.3, -0.25) is 0 Å². The second kappa shape index (κ2) is 16.2. The maximum atomic E-state index is 14.1. The van der Waals surface area contributed by atoms with E-state index in [1.807, 2.05) is 25.2 Å². The molecule has 0 aromatic heterocycles. The molecule has 246 valence electrons. The van der Waals surface area contributed by atoms with Crippen LogP contribution < -0.4 is 0 Å². The smallest absolute Gasteiger partial charge is 0.453 e. The van der Waals surface area contributed by atoms with Gasteiger partial charge in [-0.25, -0.2) is 12.8 Å². The van der Waals surface area contributed by atoms with Crippen LogP contribution in [0.15, 0.2) is 42.5 Å². The number of hydrogen-bond donors (Lipinski definition) is 1. The predicted octanol–water partition coefficient (Wildman–Crippen LogP) is 8.83. The van der Waals surface area contributed by atoms with Gasteiger partial charge in [0.2, 0.25) is 0 Å². The number of hydrogen-bond acceptors (Lipinski definition) is 4.